The van der Waals surface area contributed by atoms with Crippen LogP contribution in [0.25, 0.3) is 0 Å². The second-order valence-electron chi connectivity index (χ2n) is 8.23. The Morgan fingerprint density at radius 2 is 1.79 bits per heavy atom. The summed E-state index contributed by atoms with van der Waals surface area (Å²) < 4.78 is 24.5. The first-order chi connectivity index (χ1) is 13.2. The number of hydrogen-bond acceptors (Lipinski definition) is 4. The van der Waals surface area contributed by atoms with Gasteiger partial charge in [0.2, 0.25) is 5.91 Å². The Bertz CT molecular complexity index is 714. The molecule has 0 bridgehead atoms. The van der Waals surface area contributed by atoms with Gasteiger partial charge in [0.05, 0.1) is 13.2 Å². The molecule has 0 fully saturated rings. The smallest absolute Gasteiger partial charge is 0.335 e. The molecule has 2 atom stereocenters. The standard InChI is InChI=1S/C22H34NO4P/c1-6-26-28(25,27-7-2)21(18-11-9-8-10-12-18)23-20(24)17-13-15-19(16-14-17)22(3,4)5/h8-13,19,21H,6-7,14-16H2,1-5H3,(H,23,24). The molecule has 1 aliphatic carbocycles. The lowest BCUT2D eigenvalue weighted by molar-refractivity contribution is -0.118. The second-order valence-corrected chi connectivity index (χ2v) is 10.3. The molecule has 0 heterocycles. The number of carbonyl (C=O) groups is 1. The summed E-state index contributed by atoms with van der Waals surface area (Å²) >= 11 is 0. The SMILES string of the molecule is CCOP(=O)(OCC)C(NC(=O)C1=CCC(C(C)(C)C)CC1)c1ccccc1. The Morgan fingerprint density at radius 1 is 1.18 bits per heavy atom. The van der Waals surface area contributed by atoms with Crippen LogP contribution < -0.4 is 5.32 Å². The van der Waals surface area contributed by atoms with Gasteiger partial charge in [-0.2, -0.15) is 0 Å². The van der Waals surface area contributed by atoms with Crippen molar-refractivity contribution < 1.29 is 18.4 Å². The molecule has 1 aromatic rings. The monoisotopic (exact) mass is 407 g/mol. The van der Waals surface area contributed by atoms with Crippen molar-refractivity contribution in [2.75, 3.05) is 13.2 Å². The Labute approximate surface area is 169 Å². The third-order valence-corrected chi connectivity index (χ3v) is 7.54. The van der Waals surface area contributed by atoms with Crippen LogP contribution in [0.3, 0.4) is 0 Å². The fourth-order valence-electron chi connectivity index (χ4n) is 3.57. The molecule has 0 aromatic heterocycles. The van der Waals surface area contributed by atoms with Crippen molar-refractivity contribution in [3.05, 3.63) is 47.5 Å². The molecule has 5 nitrogen and oxygen atoms in total. The molecular weight excluding hydrogens is 373 g/mol. The van der Waals surface area contributed by atoms with E-state index in [1.807, 2.05) is 36.4 Å². The van der Waals surface area contributed by atoms with Crippen LogP contribution in [-0.2, 0) is 18.4 Å². The minimum absolute atomic E-state index is 0.194. The summed E-state index contributed by atoms with van der Waals surface area (Å²) in [6, 6.07) is 9.25. The Balaban J connectivity index is 2.24. The highest BCUT2D eigenvalue weighted by Gasteiger charge is 2.39. The van der Waals surface area contributed by atoms with Crippen molar-refractivity contribution in [2.24, 2.45) is 11.3 Å². The minimum atomic E-state index is -3.55. The Hall–Kier alpha value is -1.42. The van der Waals surface area contributed by atoms with Gasteiger partial charge in [0.1, 0.15) is 0 Å². The first-order valence-electron chi connectivity index (χ1n) is 10.1. The van der Waals surface area contributed by atoms with Crippen molar-refractivity contribution in [3.8, 4) is 0 Å². The summed E-state index contributed by atoms with van der Waals surface area (Å²) in [7, 11) is -3.55. The molecule has 0 saturated heterocycles. The summed E-state index contributed by atoms with van der Waals surface area (Å²) in [6.45, 7) is 10.7. The van der Waals surface area contributed by atoms with Crippen LogP contribution >= 0.6 is 7.60 Å². The summed E-state index contributed by atoms with van der Waals surface area (Å²) in [5, 5.41) is 2.95. The Kier molecular flexibility index (Phi) is 8.06. The molecule has 28 heavy (non-hydrogen) atoms. The quantitative estimate of drug-likeness (QED) is 0.550. The number of nitrogens with one attached hydrogen (secondary N) is 1. The average molecular weight is 407 g/mol. The zero-order chi connectivity index (χ0) is 20.8. The van der Waals surface area contributed by atoms with Crippen LogP contribution in [0.1, 0.15) is 65.2 Å². The van der Waals surface area contributed by atoms with E-state index in [1.165, 1.54) is 0 Å². The molecule has 2 unspecified atom stereocenters. The van der Waals surface area contributed by atoms with E-state index in [4.69, 9.17) is 9.05 Å². The number of allylic oxidation sites excluding steroid dienone is 1. The van der Waals surface area contributed by atoms with E-state index in [2.05, 4.69) is 26.1 Å². The second kappa shape index (κ2) is 9.87. The highest BCUT2D eigenvalue weighted by atomic mass is 31.2. The maximum atomic E-state index is 13.4. The highest BCUT2D eigenvalue weighted by Crippen LogP contribution is 2.59. The van der Waals surface area contributed by atoms with Crippen LogP contribution in [0, 0.1) is 11.3 Å². The fourth-order valence-corrected chi connectivity index (χ4v) is 5.48. The number of carbonyl (C=O) groups excluding carboxylic acids is 1. The van der Waals surface area contributed by atoms with Gasteiger partial charge < -0.3 is 14.4 Å². The number of hydrogen-bond donors (Lipinski definition) is 1. The van der Waals surface area contributed by atoms with E-state index >= 15 is 0 Å². The average Bonchev–Trinajstić information content (AvgIpc) is 2.66. The Morgan fingerprint density at radius 3 is 2.25 bits per heavy atom. The maximum Gasteiger partial charge on any atom is 0.357 e. The van der Waals surface area contributed by atoms with Crippen LogP contribution in [-0.4, -0.2) is 19.1 Å². The minimum Gasteiger partial charge on any atom is -0.335 e. The van der Waals surface area contributed by atoms with Gasteiger partial charge in [-0.05, 0) is 50.0 Å². The van der Waals surface area contributed by atoms with E-state index in [1.54, 1.807) is 13.8 Å². The van der Waals surface area contributed by atoms with Crippen molar-refractivity contribution in [2.45, 2.75) is 59.7 Å². The molecule has 1 aliphatic rings. The third-order valence-electron chi connectivity index (χ3n) is 5.24. The molecule has 1 N–H and O–H groups in total. The lowest BCUT2D eigenvalue weighted by Crippen LogP contribution is -2.32. The van der Waals surface area contributed by atoms with Gasteiger partial charge in [-0.15, -0.1) is 0 Å². The number of rotatable bonds is 8. The maximum absolute atomic E-state index is 13.4. The molecule has 0 radical (unpaired) electrons. The van der Waals surface area contributed by atoms with Crippen molar-refractivity contribution >= 4 is 13.5 Å². The van der Waals surface area contributed by atoms with Crippen LogP contribution in [0.4, 0.5) is 0 Å². The van der Waals surface area contributed by atoms with E-state index in [-0.39, 0.29) is 24.5 Å². The van der Waals surface area contributed by atoms with Gasteiger partial charge in [-0.3, -0.25) is 9.36 Å². The molecule has 0 saturated carbocycles. The topological polar surface area (TPSA) is 64.6 Å². The lowest BCUT2D eigenvalue weighted by Gasteiger charge is -2.33. The van der Waals surface area contributed by atoms with Crippen LogP contribution in [0.15, 0.2) is 42.0 Å². The zero-order valence-corrected chi connectivity index (χ0v) is 18.6. The van der Waals surface area contributed by atoms with Gasteiger partial charge in [0.25, 0.3) is 0 Å². The molecular formula is C22H34NO4P. The van der Waals surface area contributed by atoms with Crippen molar-refractivity contribution in [1.82, 2.24) is 5.32 Å². The van der Waals surface area contributed by atoms with Gasteiger partial charge in [-0.25, -0.2) is 0 Å². The predicted octanol–water partition coefficient (Wildman–Crippen LogP) is 5.84. The van der Waals surface area contributed by atoms with Gasteiger partial charge in [-0.1, -0.05) is 57.2 Å². The third kappa shape index (κ3) is 5.79. The summed E-state index contributed by atoms with van der Waals surface area (Å²) in [5.74, 6) is -0.463. The lowest BCUT2D eigenvalue weighted by atomic mass is 9.73. The molecule has 1 aromatic carbocycles. The van der Waals surface area contributed by atoms with Crippen molar-refractivity contribution in [3.63, 3.8) is 0 Å². The van der Waals surface area contributed by atoms with Crippen molar-refractivity contribution in [1.29, 1.82) is 0 Å². The van der Waals surface area contributed by atoms with E-state index < -0.39 is 13.4 Å². The summed E-state index contributed by atoms with van der Waals surface area (Å²) in [5.41, 5.74) is 1.69. The van der Waals surface area contributed by atoms with Crippen LogP contribution in [0.2, 0.25) is 0 Å². The van der Waals surface area contributed by atoms with Crippen LogP contribution in [0.5, 0.6) is 0 Å². The first-order valence-corrected chi connectivity index (χ1v) is 11.8. The van der Waals surface area contributed by atoms with Gasteiger partial charge in [0, 0.05) is 5.57 Å². The number of amides is 1. The predicted molar refractivity (Wildman–Crippen MR) is 113 cm³/mol. The molecule has 1 amide bonds. The summed E-state index contributed by atoms with van der Waals surface area (Å²) in [4.78, 5) is 13.0. The van der Waals surface area contributed by atoms with Gasteiger partial charge >= 0.3 is 7.60 Å². The van der Waals surface area contributed by atoms with E-state index in [9.17, 15) is 9.36 Å². The first kappa shape index (κ1) is 22.9. The van der Waals surface area contributed by atoms with E-state index in [0.717, 1.165) is 24.8 Å². The highest BCUT2D eigenvalue weighted by molar-refractivity contribution is 7.54. The molecule has 2 rings (SSSR count). The molecule has 0 spiro atoms. The zero-order valence-electron chi connectivity index (χ0n) is 17.7. The molecule has 156 valence electrons. The molecule has 6 heteroatoms. The normalized spacial score (nSPS) is 19.0. The van der Waals surface area contributed by atoms with Gasteiger partial charge in [0.15, 0.2) is 5.78 Å². The number of benzene rings is 1. The molecule has 0 aliphatic heterocycles. The fraction of sp³-hybridized carbons (Fsp3) is 0.591. The van der Waals surface area contributed by atoms with E-state index in [0.29, 0.717) is 11.5 Å². The summed E-state index contributed by atoms with van der Waals surface area (Å²) in [6.07, 6.45) is 4.62. The largest absolute Gasteiger partial charge is 0.357 e.